The Bertz CT molecular complexity index is 462. The molecule has 1 heterocycles. The van der Waals surface area contributed by atoms with E-state index in [2.05, 4.69) is 19.1 Å². The number of aryl methyl sites for hydroxylation is 1. The molecule has 72 valence electrons. The van der Waals surface area contributed by atoms with Crippen LogP contribution in [0.2, 0.25) is 4.34 Å². The molecule has 2 rings (SSSR count). The summed E-state index contributed by atoms with van der Waals surface area (Å²) < 4.78 is 0.668. The Kier molecular flexibility index (Phi) is 2.48. The molecule has 1 aromatic carbocycles. The van der Waals surface area contributed by atoms with Gasteiger partial charge in [-0.05, 0) is 12.5 Å². The van der Waals surface area contributed by atoms with Gasteiger partial charge in [0.05, 0.1) is 5.69 Å². The van der Waals surface area contributed by atoms with Gasteiger partial charge in [0.25, 0.3) is 0 Å². The second-order valence-electron chi connectivity index (χ2n) is 3.21. The lowest BCUT2D eigenvalue weighted by Gasteiger charge is -2.01. The van der Waals surface area contributed by atoms with Gasteiger partial charge in [-0.3, -0.25) is 0 Å². The summed E-state index contributed by atoms with van der Waals surface area (Å²) in [5.74, 6) is 0. The predicted octanol–water partition coefficient (Wildman–Crippen LogP) is 3.96. The molecule has 1 nitrogen and oxygen atoms in total. The zero-order valence-corrected chi connectivity index (χ0v) is 9.32. The summed E-state index contributed by atoms with van der Waals surface area (Å²) in [4.78, 5) is 0. The number of halogens is 1. The van der Waals surface area contributed by atoms with E-state index in [1.807, 2.05) is 17.5 Å². The zero-order valence-electron chi connectivity index (χ0n) is 7.75. The highest BCUT2D eigenvalue weighted by Gasteiger charge is 2.07. The van der Waals surface area contributed by atoms with Crippen LogP contribution in [0.15, 0.2) is 29.6 Å². The van der Waals surface area contributed by atoms with E-state index in [0.29, 0.717) is 10.0 Å². The van der Waals surface area contributed by atoms with E-state index in [0.717, 1.165) is 11.1 Å². The first kappa shape index (κ1) is 9.56. The number of rotatable bonds is 1. The number of nitrogen functional groups attached to an aromatic ring is 1. The molecule has 0 aliphatic heterocycles. The molecular weight excluding hydrogens is 214 g/mol. The lowest BCUT2D eigenvalue weighted by molar-refractivity contribution is 1.47. The summed E-state index contributed by atoms with van der Waals surface area (Å²) in [5, 5.41) is 1.99. The van der Waals surface area contributed by atoms with Gasteiger partial charge < -0.3 is 5.73 Å². The Morgan fingerprint density at radius 3 is 2.71 bits per heavy atom. The Labute approximate surface area is 92.1 Å². The maximum atomic E-state index is 5.91. The summed E-state index contributed by atoms with van der Waals surface area (Å²) in [6, 6.07) is 8.24. The van der Waals surface area contributed by atoms with Crippen LogP contribution in [-0.4, -0.2) is 0 Å². The SMILES string of the molecule is Cc1cccc(-c2csc(Cl)c2N)c1. The standard InChI is InChI=1S/C11H10ClNS/c1-7-3-2-4-8(5-7)9-6-14-11(12)10(9)13/h2-6H,13H2,1H3. The van der Waals surface area contributed by atoms with Crippen LogP contribution in [0, 0.1) is 6.92 Å². The second-order valence-corrected chi connectivity index (χ2v) is 4.69. The van der Waals surface area contributed by atoms with Crippen LogP contribution in [0.25, 0.3) is 11.1 Å². The number of anilines is 1. The van der Waals surface area contributed by atoms with Crippen LogP contribution < -0.4 is 5.73 Å². The number of thiophene rings is 1. The van der Waals surface area contributed by atoms with Crippen LogP contribution in [0.1, 0.15) is 5.56 Å². The lowest BCUT2D eigenvalue weighted by atomic mass is 10.1. The molecule has 0 unspecified atom stereocenters. The highest BCUT2D eigenvalue weighted by atomic mass is 35.5. The van der Waals surface area contributed by atoms with Crippen LogP contribution >= 0.6 is 22.9 Å². The zero-order chi connectivity index (χ0) is 10.1. The van der Waals surface area contributed by atoms with E-state index >= 15 is 0 Å². The summed E-state index contributed by atoms with van der Waals surface area (Å²) >= 11 is 7.38. The average Bonchev–Trinajstić information content (AvgIpc) is 2.48. The van der Waals surface area contributed by atoms with Crippen molar-refractivity contribution in [3.63, 3.8) is 0 Å². The van der Waals surface area contributed by atoms with Crippen molar-refractivity contribution in [1.82, 2.24) is 0 Å². The van der Waals surface area contributed by atoms with Crippen molar-refractivity contribution in [3.8, 4) is 11.1 Å². The molecule has 2 aromatic rings. The number of hydrogen-bond acceptors (Lipinski definition) is 2. The summed E-state index contributed by atoms with van der Waals surface area (Å²) in [7, 11) is 0. The van der Waals surface area contributed by atoms with Crippen LogP contribution in [0.4, 0.5) is 5.69 Å². The minimum atomic E-state index is 0.668. The van der Waals surface area contributed by atoms with Crippen molar-refractivity contribution in [2.24, 2.45) is 0 Å². The maximum Gasteiger partial charge on any atom is 0.116 e. The molecule has 0 amide bonds. The minimum absolute atomic E-state index is 0.668. The minimum Gasteiger partial charge on any atom is -0.396 e. The second kappa shape index (κ2) is 3.64. The van der Waals surface area contributed by atoms with E-state index in [9.17, 15) is 0 Å². The van der Waals surface area contributed by atoms with Crippen molar-refractivity contribution in [2.75, 3.05) is 5.73 Å². The van der Waals surface area contributed by atoms with Gasteiger partial charge in [-0.1, -0.05) is 41.4 Å². The molecule has 0 saturated heterocycles. The molecule has 0 radical (unpaired) electrons. The van der Waals surface area contributed by atoms with Gasteiger partial charge in [-0.15, -0.1) is 11.3 Å². The fraction of sp³-hybridized carbons (Fsp3) is 0.0909. The third-order valence-electron chi connectivity index (χ3n) is 2.11. The molecule has 1 aromatic heterocycles. The van der Waals surface area contributed by atoms with Gasteiger partial charge >= 0.3 is 0 Å². The third-order valence-corrected chi connectivity index (χ3v) is 3.36. The van der Waals surface area contributed by atoms with Crippen LogP contribution in [0.5, 0.6) is 0 Å². The molecule has 0 aliphatic rings. The molecule has 2 N–H and O–H groups in total. The molecule has 0 fully saturated rings. The Balaban J connectivity index is 2.55. The fourth-order valence-electron chi connectivity index (χ4n) is 1.38. The average molecular weight is 224 g/mol. The normalized spacial score (nSPS) is 10.4. The molecule has 0 atom stereocenters. The van der Waals surface area contributed by atoms with Crippen LogP contribution in [-0.2, 0) is 0 Å². The summed E-state index contributed by atoms with van der Waals surface area (Å²) in [5.41, 5.74) is 9.93. The molecule has 0 spiro atoms. The molecule has 0 aliphatic carbocycles. The fourth-order valence-corrected chi connectivity index (χ4v) is 2.34. The quantitative estimate of drug-likeness (QED) is 0.778. The predicted molar refractivity (Wildman–Crippen MR) is 63.9 cm³/mol. The van der Waals surface area contributed by atoms with Gasteiger partial charge in [0.15, 0.2) is 0 Å². The van der Waals surface area contributed by atoms with Crippen molar-refractivity contribution in [3.05, 3.63) is 39.5 Å². The molecule has 0 bridgehead atoms. The van der Waals surface area contributed by atoms with Crippen molar-refractivity contribution in [2.45, 2.75) is 6.92 Å². The van der Waals surface area contributed by atoms with Gasteiger partial charge in [0, 0.05) is 10.9 Å². The highest BCUT2D eigenvalue weighted by molar-refractivity contribution is 7.15. The van der Waals surface area contributed by atoms with E-state index in [-0.39, 0.29) is 0 Å². The molecule has 3 heteroatoms. The van der Waals surface area contributed by atoms with Crippen LogP contribution in [0.3, 0.4) is 0 Å². The Morgan fingerprint density at radius 2 is 2.14 bits per heavy atom. The molecular formula is C11H10ClNS. The smallest absolute Gasteiger partial charge is 0.116 e. The van der Waals surface area contributed by atoms with Crippen molar-refractivity contribution in [1.29, 1.82) is 0 Å². The molecule has 14 heavy (non-hydrogen) atoms. The summed E-state index contributed by atoms with van der Waals surface area (Å²) in [6.07, 6.45) is 0. The molecule has 0 saturated carbocycles. The first-order valence-corrected chi connectivity index (χ1v) is 5.54. The largest absolute Gasteiger partial charge is 0.396 e. The van der Waals surface area contributed by atoms with Gasteiger partial charge in [0.2, 0.25) is 0 Å². The third kappa shape index (κ3) is 1.63. The van der Waals surface area contributed by atoms with Crippen molar-refractivity contribution >= 4 is 28.6 Å². The van der Waals surface area contributed by atoms with E-state index in [1.54, 1.807) is 0 Å². The van der Waals surface area contributed by atoms with Gasteiger partial charge in [-0.25, -0.2) is 0 Å². The lowest BCUT2D eigenvalue weighted by Crippen LogP contribution is -1.86. The van der Waals surface area contributed by atoms with Gasteiger partial charge in [-0.2, -0.15) is 0 Å². The number of benzene rings is 1. The highest BCUT2D eigenvalue weighted by Crippen LogP contribution is 2.37. The maximum absolute atomic E-state index is 5.91. The Hall–Kier alpha value is -0.990. The Morgan fingerprint density at radius 1 is 1.36 bits per heavy atom. The summed E-state index contributed by atoms with van der Waals surface area (Å²) in [6.45, 7) is 2.06. The van der Waals surface area contributed by atoms with E-state index in [4.69, 9.17) is 17.3 Å². The first-order valence-electron chi connectivity index (χ1n) is 4.28. The topological polar surface area (TPSA) is 26.0 Å². The first-order chi connectivity index (χ1) is 6.68. The van der Waals surface area contributed by atoms with E-state index in [1.165, 1.54) is 16.9 Å². The number of hydrogen-bond donors (Lipinski definition) is 1. The van der Waals surface area contributed by atoms with E-state index < -0.39 is 0 Å². The monoisotopic (exact) mass is 223 g/mol. The van der Waals surface area contributed by atoms with Gasteiger partial charge in [0.1, 0.15) is 4.34 Å². The van der Waals surface area contributed by atoms with Crippen molar-refractivity contribution < 1.29 is 0 Å². The number of nitrogens with two attached hydrogens (primary N) is 1.